The van der Waals surface area contributed by atoms with E-state index in [0.717, 1.165) is 10.2 Å². The standard InChI is InChI=1S/C18H17ClN4O2S/c1-11(20-17(25)12-7-3-4-8-13(12)19)16(24)21-22-18-23(2)14-9-5-6-10-15(14)26-18/h3-11H,1-2H3,(H,20,25)(H,21,24)/b22-18-. The lowest BCUT2D eigenvalue weighted by atomic mass is 10.2. The zero-order chi connectivity index (χ0) is 18.7. The third-order valence-electron chi connectivity index (χ3n) is 3.84. The maximum atomic E-state index is 12.2. The number of halogens is 1. The van der Waals surface area contributed by atoms with Gasteiger partial charge in [-0.15, -0.1) is 5.10 Å². The summed E-state index contributed by atoms with van der Waals surface area (Å²) in [5.41, 5.74) is 3.85. The van der Waals surface area contributed by atoms with Crippen LogP contribution in [0.1, 0.15) is 17.3 Å². The smallest absolute Gasteiger partial charge is 0.262 e. The van der Waals surface area contributed by atoms with E-state index in [-0.39, 0.29) is 0 Å². The lowest BCUT2D eigenvalue weighted by molar-refractivity contribution is -0.122. The van der Waals surface area contributed by atoms with Crippen LogP contribution < -0.4 is 15.5 Å². The predicted molar refractivity (Wildman–Crippen MR) is 103 cm³/mol. The summed E-state index contributed by atoms with van der Waals surface area (Å²) < 4.78 is 2.97. The van der Waals surface area contributed by atoms with Gasteiger partial charge in [0.25, 0.3) is 11.8 Å². The van der Waals surface area contributed by atoms with Crippen molar-refractivity contribution in [3.63, 3.8) is 0 Å². The molecule has 8 heteroatoms. The van der Waals surface area contributed by atoms with E-state index in [1.807, 2.05) is 35.9 Å². The first-order chi connectivity index (χ1) is 12.5. The Morgan fingerprint density at radius 1 is 1.15 bits per heavy atom. The monoisotopic (exact) mass is 388 g/mol. The Morgan fingerprint density at radius 2 is 1.85 bits per heavy atom. The van der Waals surface area contributed by atoms with Crippen molar-refractivity contribution < 1.29 is 9.59 Å². The van der Waals surface area contributed by atoms with Crippen LogP contribution in [0.2, 0.25) is 5.02 Å². The van der Waals surface area contributed by atoms with Crippen molar-refractivity contribution in [2.75, 3.05) is 0 Å². The number of thiazole rings is 1. The number of aryl methyl sites for hydroxylation is 1. The number of para-hydroxylation sites is 1. The van der Waals surface area contributed by atoms with Crippen LogP contribution in [0, 0.1) is 0 Å². The Hall–Kier alpha value is -2.64. The van der Waals surface area contributed by atoms with E-state index in [4.69, 9.17) is 11.6 Å². The van der Waals surface area contributed by atoms with Gasteiger partial charge in [-0.2, -0.15) is 0 Å². The number of fused-ring (bicyclic) bond motifs is 1. The summed E-state index contributed by atoms with van der Waals surface area (Å²) in [6.45, 7) is 1.59. The van der Waals surface area contributed by atoms with Crippen LogP contribution in [-0.4, -0.2) is 22.4 Å². The van der Waals surface area contributed by atoms with Crippen LogP contribution in [0.15, 0.2) is 53.6 Å². The third-order valence-corrected chi connectivity index (χ3v) is 5.28. The summed E-state index contributed by atoms with van der Waals surface area (Å²) in [4.78, 5) is 25.1. The lowest BCUT2D eigenvalue weighted by Crippen LogP contribution is -2.44. The SMILES string of the molecule is CC(NC(=O)c1ccccc1Cl)C(=O)N/N=c1\sc2ccccc2n1C. The van der Waals surface area contributed by atoms with Gasteiger partial charge in [-0.25, -0.2) is 5.43 Å². The van der Waals surface area contributed by atoms with Gasteiger partial charge < -0.3 is 9.88 Å². The molecule has 3 aromatic rings. The highest BCUT2D eigenvalue weighted by atomic mass is 35.5. The molecule has 1 unspecified atom stereocenters. The highest BCUT2D eigenvalue weighted by Crippen LogP contribution is 2.15. The fourth-order valence-electron chi connectivity index (χ4n) is 2.37. The van der Waals surface area contributed by atoms with Crippen LogP contribution in [0.4, 0.5) is 0 Å². The average Bonchev–Trinajstić information content (AvgIpc) is 2.96. The van der Waals surface area contributed by atoms with Crippen molar-refractivity contribution in [2.45, 2.75) is 13.0 Å². The van der Waals surface area contributed by atoms with E-state index in [9.17, 15) is 9.59 Å². The molecule has 0 fully saturated rings. The quantitative estimate of drug-likeness (QED) is 0.674. The van der Waals surface area contributed by atoms with Crippen LogP contribution in [0.25, 0.3) is 10.2 Å². The van der Waals surface area contributed by atoms with Gasteiger partial charge in [0.1, 0.15) is 6.04 Å². The molecule has 0 saturated heterocycles. The molecule has 1 aromatic heterocycles. The number of carbonyl (C=O) groups excluding carboxylic acids is 2. The Kier molecular flexibility index (Phi) is 5.39. The number of nitrogens with one attached hydrogen (secondary N) is 2. The first kappa shape index (κ1) is 18.2. The van der Waals surface area contributed by atoms with Crippen molar-refractivity contribution in [3.8, 4) is 0 Å². The molecule has 1 atom stereocenters. The molecule has 2 N–H and O–H groups in total. The molecular weight excluding hydrogens is 372 g/mol. The molecule has 6 nitrogen and oxygen atoms in total. The van der Waals surface area contributed by atoms with Gasteiger partial charge in [0, 0.05) is 7.05 Å². The van der Waals surface area contributed by atoms with Gasteiger partial charge in [0.2, 0.25) is 4.80 Å². The largest absolute Gasteiger partial charge is 0.340 e. The van der Waals surface area contributed by atoms with Crippen molar-refractivity contribution in [1.29, 1.82) is 0 Å². The number of amides is 2. The summed E-state index contributed by atoms with van der Waals surface area (Å²) in [6, 6.07) is 13.8. The minimum absolute atomic E-state index is 0.321. The van der Waals surface area contributed by atoms with Gasteiger partial charge in [0.05, 0.1) is 20.8 Å². The maximum Gasteiger partial charge on any atom is 0.262 e. The molecule has 1 heterocycles. The average molecular weight is 389 g/mol. The second kappa shape index (κ2) is 7.72. The molecule has 3 rings (SSSR count). The molecule has 0 spiro atoms. The van der Waals surface area contributed by atoms with E-state index in [2.05, 4.69) is 15.8 Å². The fourth-order valence-corrected chi connectivity index (χ4v) is 3.57. The molecule has 0 saturated carbocycles. The number of nitrogens with zero attached hydrogens (tertiary/aromatic N) is 2. The zero-order valence-corrected chi connectivity index (χ0v) is 15.8. The summed E-state index contributed by atoms with van der Waals surface area (Å²) in [5.74, 6) is -0.825. The number of hydrogen-bond donors (Lipinski definition) is 2. The Bertz CT molecular complexity index is 1040. The molecule has 0 bridgehead atoms. The van der Waals surface area contributed by atoms with E-state index in [0.29, 0.717) is 15.4 Å². The number of aromatic nitrogens is 1. The molecule has 0 radical (unpaired) electrons. The van der Waals surface area contributed by atoms with Gasteiger partial charge in [-0.3, -0.25) is 9.59 Å². The second-order valence-electron chi connectivity index (χ2n) is 5.67. The van der Waals surface area contributed by atoms with Crippen molar-refractivity contribution in [1.82, 2.24) is 15.3 Å². The molecular formula is C18H17ClN4O2S. The van der Waals surface area contributed by atoms with Crippen LogP contribution >= 0.6 is 22.9 Å². The Balaban J connectivity index is 1.70. The summed E-state index contributed by atoms with van der Waals surface area (Å²) >= 11 is 7.47. The van der Waals surface area contributed by atoms with Crippen molar-refractivity contribution >= 4 is 45.0 Å². The highest BCUT2D eigenvalue weighted by Gasteiger charge is 2.17. The lowest BCUT2D eigenvalue weighted by Gasteiger charge is -2.12. The third kappa shape index (κ3) is 3.79. The first-order valence-electron chi connectivity index (χ1n) is 7.91. The molecule has 0 aliphatic heterocycles. The first-order valence-corrected chi connectivity index (χ1v) is 9.10. The minimum Gasteiger partial charge on any atom is -0.340 e. The Labute approximate surface area is 159 Å². The van der Waals surface area contributed by atoms with Gasteiger partial charge in [-0.1, -0.05) is 47.2 Å². The molecule has 0 aliphatic carbocycles. The van der Waals surface area contributed by atoms with Crippen molar-refractivity contribution in [2.24, 2.45) is 12.1 Å². The topological polar surface area (TPSA) is 75.5 Å². The predicted octanol–water partition coefficient (Wildman–Crippen LogP) is 2.64. The van der Waals surface area contributed by atoms with Gasteiger partial charge in [0.15, 0.2) is 0 Å². The van der Waals surface area contributed by atoms with Crippen LogP contribution in [0.3, 0.4) is 0 Å². The summed E-state index contributed by atoms with van der Waals surface area (Å²) in [5, 5.41) is 7.11. The second-order valence-corrected chi connectivity index (χ2v) is 7.09. The van der Waals surface area contributed by atoms with E-state index in [1.165, 1.54) is 11.3 Å². The summed E-state index contributed by atoms with van der Waals surface area (Å²) in [6.07, 6.45) is 0. The number of hydrogen-bond acceptors (Lipinski definition) is 4. The summed E-state index contributed by atoms with van der Waals surface area (Å²) in [7, 11) is 1.88. The van der Waals surface area contributed by atoms with E-state index < -0.39 is 17.9 Å². The fraction of sp³-hybridized carbons (Fsp3) is 0.167. The molecule has 2 aromatic carbocycles. The zero-order valence-electron chi connectivity index (χ0n) is 14.2. The molecule has 0 aliphatic rings. The minimum atomic E-state index is -0.762. The van der Waals surface area contributed by atoms with Gasteiger partial charge >= 0.3 is 0 Å². The van der Waals surface area contributed by atoms with Crippen LogP contribution in [-0.2, 0) is 11.8 Å². The normalized spacial score (nSPS) is 12.8. The van der Waals surface area contributed by atoms with Gasteiger partial charge in [-0.05, 0) is 31.2 Å². The molecule has 26 heavy (non-hydrogen) atoms. The number of rotatable bonds is 4. The van der Waals surface area contributed by atoms with E-state index >= 15 is 0 Å². The maximum absolute atomic E-state index is 12.2. The highest BCUT2D eigenvalue weighted by molar-refractivity contribution is 7.16. The number of carbonyl (C=O) groups is 2. The van der Waals surface area contributed by atoms with Crippen molar-refractivity contribution in [3.05, 3.63) is 63.9 Å². The molecule has 134 valence electrons. The van der Waals surface area contributed by atoms with Crippen LogP contribution in [0.5, 0.6) is 0 Å². The van der Waals surface area contributed by atoms with E-state index in [1.54, 1.807) is 31.2 Å². The number of benzene rings is 2. The molecule has 2 amide bonds. The Morgan fingerprint density at radius 3 is 2.58 bits per heavy atom.